The summed E-state index contributed by atoms with van der Waals surface area (Å²) in [6.45, 7) is 2.42. The molecule has 2 aromatic rings. The van der Waals surface area contributed by atoms with Gasteiger partial charge in [-0.2, -0.15) is 0 Å². The Bertz CT molecular complexity index is 533. The smallest absolute Gasteiger partial charge is 0.222 e. The number of nitrogens with two attached hydrogens (primary N) is 1. The van der Waals surface area contributed by atoms with Gasteiger partial charge >= 0.3 is 0 Å². The first-order chi connectivity index (χ1) is 7.58. The molecule has 0 aliphatic rings. The van der Waals surface area contributed by atoms with Gasteiger partial charge in [-0.1, -0.05) is 18.5 Å². The lowest BCUT2D eigenvalue weighted by Crippen LogP contribution is -2.24. The molecule has 2 rings (SSSR count). The summed E-state index contributed by atoms with van der Waals surface area (Å²) in [5.74, 6) is -0.456. The largest absolute Gasteiger partial charge is 0.369 e. The van der Waals surface area contributed by atoms with Gasteiger partial charge in [-0.25, -0.2) is 0 Å². The standard InChI is InChI=1S/C12H13ClN2O/c1-8(12(14)16)7-15-5-4-9-6-10(13)2-3-11(9)15/h2-6,8H,7H2,1H3,(H2,14,16). The van der Waals surface area contributed by atoms with E-state index in [-0.39, 0.29) is 11.8 Å². The van der Waals surface area contributed by atoms with Crippen LogP contribution in [0.25, 0.3) is 10.9 Å². The highest BCUT2D eigenvalue weighted by molar-refractivity contribution is 6.31. The second-order valence-corrected chi connectivity index (χ2v) is 4.41. The second-order valence-electron chi connectivity index (χ2n) is 3.97. The number of carbonyl (C=O) groups excluding carboxylic acids is 1. The third-order valence-electron chi connectivity index (χ3n) is 2.69. The van der Waals surface area contributed by atoms with Gasteiger partial charge in [0.05, 0.1) is 5.92 Å². The summed E-state index contributed by atoms with van der Waals surface area (Å²) in [4.78, 5) is 11.0. The Balaban J connectivity index is 2.35. The average molecular weight is 237 g/mol. The summed E-state index contributed by atoms with van der Waals surface area (Å²) >= 11 is 5.90. The number of aromatic nitrogens is 1. The van der Waals surface area contributed by atoms with E-state index in [0.717, 1.165) is 10.9 Å². The molecular weight excluding hydrogens is 224 g/mol. The molecule has 1 atom stereocenters. The van der Waals surface area contributed by atoms with E-state index in [4.69, 9.17) is 17.3 Å². The minimum atomic E-state index is -0.282. The number of carbonyl (C=O) groups is 1. The van der Waals surface area contributed by atoms with Crippen molar-refractivity contribution in [2.75, 3.05) is 0 Å². The van der Waals surface area contributed by atoms with Crippen LogP contribution in [0.15, 0.2) is 30.5 Å². The Morgan fingerprint density at radius 1 is 1.50 bits per heavy atom. The Hall–Kier alpha value is -1.48. The highest BCUT2D eigenvalue weighted by Crippen LogP contribution is 2.21. The molecule has 1 unspecified atom stereocenters. The van der Waals surface area contributed by atoms with E-state index in [0.29, 0.717) is 11.6 Å². The van der Waals surface area contributed by atoms with Gasteiger partial charge in [0.1, 0.15) is 0 Å². The lowest BCUT2D eigenvalue weighted by Gasteiger charge is -2.09. The van der Waals surface area contributed by atoms with E-state index in [1.807, 2.05) is 42.0 Å². The molecule has 0 radical (unpaired) electrons. The number of hydrogen-bond donors (Lipinski definition) is 1. The fourth-order valence-corrected chi connectivity index (χ4v) is 1.90. The Morgan fingerprint density at radius 2 is 2.25 bits per heavy atom. The molecule has 0 aliphatic heterocycles. The van der Waals surface area contributed by atoms with Crippen molar-refractivity contribution in [2.24, 2.45) is 11.7 Å². The third-order valence-corrected chi connectivity index (χ3v) is 2.92. The first-order valence-corrected chi connectivity index (χ1v) is 5.49. The summed E-state index contributed by atoms with van der Waals surface area (Å²) in [6.07, 6.45) is 1.94. The van der Waals surface area contributed by atoms with Crippen LogP contribution in [-0.4, -0.2) is 10.5 Å². The maximum Gasteiger partial charge on any atom is 0.222 e. The Kier molecular flexibility index (Phi) is 2.88. The van der Waals surface area contributed by atoms with Crippen molar-refractivity contribution in [2.45, 2.75) is 13.5 Å². The zero-order chi connectivity index (χ0) is 11.7. The zero-order valence-electron chi connectivity index (χ0n) is 8.98. The minimum Gasteiger partial charge on any atom is -0.369 e. The zero-order valence-corrected chi connectivity index (χ0v) is 9.74. The highest BCUT2D eigenvalue weighted by atomic mass is 35.5. The molecule has 0 bridgehead atoms. The molecule has 1 amide bonds. The van der Waals surface area contributed by atoms with Crippen molar-refractivity contribution in [1.29, 1.82) is 0 Å². The number of primary amides is 1. The molecule has 0 fully saturated rings. The molecule has 0 saturated heterocycles. The van der Waals surface area contributed by atoms with Gasteiger partial charge in [-0.05, 0) is 24.3 Å². The number of fused-ring (bicyclic) bond motifs is 1. The summed E-state index contributed by atoms with van der Waals surface area (Å²) in [7, 11) is 0. The van der Waals surface area contributed by atoms with Gasteiger partial charge in [0.2, 0.25) is 5.91 Å². The normalized spacial score (nSPS) is 12.9. The summed E-state index contributed by atoms with van der Waals surface area (Å²) in [5.41, 5.74) is 6.31. The van der Waals surface area contributed by atoms with Crippen LogP contribution in [0.4, 0.5) is 0 Å². The van der Waals surface area contributed by atoms with Crippen LogP contribution in [0, 0.1) is 5.92 Å². The molecule has 4 heteroatoms. The van der Waals surface area contributed by atoms with Gasteiger partial charge in [0.25, 0.3) is 0 Å². The van der Waals surface area contributed by atoms with Gasteiger partial charge in [-0.3, -0.25) is 4.79 Å². The van der Waals surface area contributed by atoms with Crippen LogP contribution in [0.5, 0.6) is 0 Å². The van der Waals surface area contributed by atoms with Crippen LogP contribution >= 0.6 is 11.6 Å². The van der Waals surface area contributed by atoms with E-state index in [9.17, 15) is 4.79 Å². The van der Waals surface area contributed by atoms with E-state index in [1.54, 1.807) is 0 Å². The molecule has 2 N–H and O–H groups in total. The first kappa shape index (κ1) is 11.0. The molecule has 84 valence electrons. The number of hydrogen-bond acceptors (Lipinski definition) is 1. The predicted molar refractivity (Wildman–Crippen MR) is 65.3 cm³/mol. The quantitative estimate of drug-likeness (QED) is 0.874. The lowest BCUT2D eigenvalue weighted by molar-refractivity contribution is -0.121. The maximum atomic E-state index is 11.0. The van der Waals surface area contributed by atoms with Crippen molar-refractivity contribution in [1.82, 2.24) is 4.57 Å². The SMILES string of the molecule is CC(Cn1ccc2cc(Cl)ccc21)C(N)=O. The topological polar surface area (TPSA) is 48.0 Å². The second kappa shape index (κ2) is 4.18. The van der Waals surface area contributed by atoms with Gasteiger partial charge in [-0.15, -0.1) is 0 Å². The maximum absolute atomic E-state index is 11.0. The van der Waals surface area contributed by atoms with Crippen molar-refractivity contribution < 1.29 is 4.79 Å². The molecule has 0 spiro atoms. The van der Waals surface area contributed by atoms with Crippen molar-refractivity contribution >= 4 is 28.4 Å². The molecule has 1 heterocycles. The molecule has 16 heavy (non-hydrogen) atoms. The minimum absolute atomic E-state index is 0.175. The van der Waals surface area contributed by atoms with E-state index >= 15 is 0 Å². The van der Waals surface area contributed by atoms with Crippen LogP contribution in [-0.2, 0) is 11.3 Å². The summed E-state index contributed by atoms with van der Waals surface area (Å²) in [5, 5.41) is 1.79. The van der Waals surface area contributed by atoms with Crippen molar-refractivity contribution in [3.63, 3.8) is 0 Å². The van der Waals surface area contributed by atoms with Crippen LogP contribution in [0.2, 0.25) is 5.02 Å². The van der Waals surface area contributed by atoms with E-state index < -0.39 is 0 Å². The fraction of sp³-hybridized carbons (Fsp3) is 0.250. The monoisotopic (exact) mass is 236 g/mol. The van der Waals surface area contributed by atoms with E-state index in [1.165, 1.54) is 0 Å². The van der Waals surface area contributed by atoms with Crippen molar-refractivity contribution in [3.8, 4) is 0 Å². The molecular formula is C12H13ClN2O. The molecule has 0 saturated carbocycles. The molecule has 0 aliphatic carbocycles. The van der Waals surface area contributed by atoms with Crippen molar-refractivity contribution in [3.05, 3.63) is 35.5 Å². The van der Waals surface area contributed by atoms with Crippen LogP contribution < -0.4 is 5.73 Å². The number of amides is 1. The number of rotatable bonds is 3. The lowest BCUT2D eigenvalue weighted by atomic mass is 10.1. The summed E-state index contributed by atoms with van der Waals surface area (Å²) < 4.78 is 2.01. The van der Waals surface area contributed by atoms with Gasteiger partial charge in [0, 0.05) is 28.7 Å². The molecule has 3 nitrogen and oxygen atoms in total. The Morgan fingerprint density at radius 3 is 2.94 bits per heavy atom. The number of nitrogens with zero attached hydrogens (tertiary/aromatic N) is 1. The molecule has 1 aromatic heterocycles. The third kappa shape index (κ3) is 2.04. The number of halogens is 1. The molecule has 1 aromatic carbocycles. The predicted octanol–water partition coefficient (Wildman–Crippen LogP) is 2.42. The average Bonchev–Trinajstić information content (AvgIpc) is 2.60. The summed E-state index contributed by atoms with van der Waals surface area (Å²) in [6, 6.07) is 7.68. The van der Waals surface area contributed by atoms with Gasteiger partial charge in [0.15, 0.2) is 0 Å². The first-order valence-electron chi connectivity index (χ1n) is 5.11. The number of benzene rings is 1. The van der Waals surface area contributed by atoms with E-state index in [2.05, 4.69) is 0 Å². The van der Waals surface area contributed by atoms with Crippen LogP contribution in [0.3, 0.4) is 0 Å². The van der Waals surface area contributed by atoms with Crippen LogP contribution in [0.1, 0.15) is 6.92 Å². The van der Waals surface area contributed by atoms with Gasteiger partial charge < -0.3 is 10.3 Å². The Labute approximate surface area is 98.8 Å². The highest BCUT2D eigenvalue weighted by Gasteiger charge is 2.10. The fourth-order valence-electron chi connectivity index (χ4n) is 1.72.